The van der Waals surface area contributed by atoms with E-state index in [1.54, 1.807) is 0 Å². The summed E-state index contributed by atoms with van der Waals surface area (Å²) in [4.78, 5) is 5.17. The van der Waals surface area contributed by atoms with E-state index in [9.17, 15) is 0 Å². The highest BCUT2D eigenvalue weighted by molar-refractivity contribution is 5.81. The number of hydrogen-bond acceptors (Lipinski definition) is 4. The van der Waals surface area contributed by atoms with Gasteiger partial charge in [-0.2, -0.15) is 0 Å². The number of likely N-dealkylation sites (tertiary alicyclic amines) is 1. The van der Waals surface area contributed by atoms with Gasteiger partial charge in [-0.1, -0.05) is 48.5 Å². The van der Waals surface area contributed by atoms with Crippen LogP contribution in [0.5, 0.6) is 0 Å². The zero-order valence-corrected chi connectivity index (χ0v) is 16.6. The lowest BCUT2D eigenvalue weighted by atomic mass is 9.89. The van der Waals surface area contributed by atoms with Crippen LogP contribution >= 0.6 is 0 Å². The third-order valence-electron chi connectivity index (χ3n) is 6.44. The Balaban J connectivity index is 1.10. The molecule has 4 heteroatoms. The standard InChI is InChI=1S/C24H30N4/c1-2-7-20(8-3-1)21-11-15-26(16-12-21)13-6-14-27-17-18-28-24(19-27)22-9-4-5-10-23(22)25-28/h1-5,7-10,19,21,25H,6,11-18H2. The molecule has 3 heterocycles. The van der Waals surface area contributed by atoms with E-state index in [0.717, 1.165) is 25.6 Å². The Labute approximate surface area is 168 Å². The molecular formula is C24H30N4. The van der Waals surface area contributed by atoms with E-state index in [-0.39, 0.29) is 0 Å². The zero-order chi connectivity index (χ0) is 18.8. The van der Waals surface area contributed by atoms with Gasteiger partial charge in [-0.3, -0.25) is 10.4 Å². The SMILES string of the molecule is C1=C2c3ccccc3NN2CCN1CCCN1CCC(c2ccccc2)CC1. The van der Waals surface area contributed by atoms with Gasteiger partial charge in [-0.05, 0) is 56.4 Å². The van der Waals surface area contributed by atoms with E-state index < -0.39 is 0 Å². The minimum atomic E-state index is 0.755. The van der Waals surface area contributed by atoms with Gasteiger partial charge in [0.25, 0.3) is 0 Å². The topological polar surface area (TPSA) is 21.8 Å². The number of hydrogen-bond donors (Lipinski definition) is 1. The third-order valence-corrected chi connectivity index (χ3v) is 6.44. The van der Waals surface area contributed by atoms with Crippen molar-refractivity contribution in [3.63, 3.8) is 0 Å². The Morgan fingerprint density at radius 2 is 1.61 bits per heavy atom. The molecule has 3 aliphatic heterocycles. The van der Waals surface area contributed by atoms with Gasteiger partial charge in [0.15, 0.2) is 0 Å². The molecule has 3 aliphatic rings. The average molecular weight is 375 g/mol. The predicted molar refractivity (Wildman–Crippen MR) is 116 cm³/mol. The van der Waals surface area contributed by atoms with E-state index in [1.165, 1.54) is 61.4 Å². The van der Waals surface area contributed by atoms with Crippen LogP contribution in [0.15, 0.2) is 60.8 Å². The van der Waals surface area contributed by atoms with Crippen LogP contribution < -0.4 is 5.43 Å². The van der Waals surface area contributed by atoms with Crippen LogP contribution in [0.4, 0.5) is 5.69 Å². The normalized spacial score (nSPS) is 19.8. The maximum atomic E-state index is 3.51. The number of para-hydroxylation sites is 1. The van der Waals surface area contributed by atoms with Crippen molar-refractivity contribution >= 4 is 11.4 Å². The van der Waals surface area contributed by atoms with Crippen LogP contribution in [0.1, 0.15) is 36.3 Å². The summed E-state index contributed by atoms with van der Waals surface area (Å²) in [6.07, 6.45) is 6.20. The number of nitrogens with one attached hydrogen (secondary N) is 1. The molecule has 0 aromatic heterocycles. The van der Waals surface area contributed by atoms with Crippen molar-refractivity contribution in [3.8, 4) is 0 Å². The highest BCUT2D eigenvalue weighted by Crippen LogP contribution is 2.35. The molecule has 0 saturated carbocycles. The summed E-state index contributed by atoms with van der Waals surface area (Å²) in [5, 5.41) is 2.29. The van der Waals surface area contributed by atoms with Crippen LogP contribution in [-0.2, 0) is 0 Å². The number of nitrogens with zero attached hydrogens (tertiary/aromatic N) is 3. The number of anilines is 1. The molecule has 0 bridgehead atoms. The lowest BCUT2D eigenvalue weighted by molar-refractivity contribution is 0.199. The lowest BCUT2D eigenvalue weighted by Gasteiger charge is -2.34. The molecule has 0 radical (unpaired) electrons. The summed E-state index contributed by atoms with van der Waals surface area (Å²) in [6.45, 7) is 7.00. The van der Waals surface area contributed by atoms with Gasteiger partial charge in [0.2, 0.25) is 0 Å². The minimum Gasteiger partial charge on any atom is -0.374 e. The van der Waals surface area contributed by atoms with Crippen molar-refractivity contribution in [2.75, 3.05) is 44.7 Å². The molecule has 1 N–H and O–H groups in total. The predicted octanol–water partition coefficient (Wildman–Crippen LogP) is 4.21. The largest absolute Gasteiger partial charge is 0.374 e. The number of piperidine rings is 1. The van der Waals surface area contributed by atoms with E-state index in [4.69, 9.17) is 0 Å². The summed E-state index contributed by atoms with van der Waals surface area (Å²) < 4.78 is 0. The van der Waals surface area contributed by atoms with Gasteiger partial charge in [0.05, 0.1) is 17.9 Å². The number of hydrazine groups is 1. The first-order chi connectivity index (χ1) is 13.9. The first-order valence-electron chi connectivity index (χ1n) is 10.7. The van der Waals surface area contributed by atoms with Gasteiger partial charge in [0, 0.05) is 24.9 Å². The maximum absolute atomic E-state index is 3.51. The summed E-state index contributed by atoms with van der Waals surface area (Å²) in [6, 6.07) is 19.7. The van der Waals surface area contributed by atoms with Crippen LogP contribution in [0, 0.1) is 0 Å². The Morgan fingerprint density at radius 3 is 2.46 bits per heavy atom. The van der Waals surface area contributed by atoms with Gasteiger partial charge in [-0.15, -0.1) is 0 Å². The molecule has 0 atom stereocenters. The van der Waals surface area contributed by atoms with E-state index >= 15 is 0 Å². The molecule has 1 fully saturated rings. The second-order valence-electron chi connectivity index (χ2n) is 8.24. The van der Waals surface area contributed by atoms with Crippen LogP contribution in [0.2, 0.25) is 0 Å². The number of fused-ring (bicyclic) bond motifs is 3. The van der Waals surface area contributed by atoms with E-state index in [1.807, 2.05) is 0 Å². The van der Waals surface area contributed by atoms with Crippen molar-refractivity contribution in [1.82, 2.24) is 14.8 Å². The fourth-order valence-corrected chi connectivity index (χ4v) is 4.83. The molecule has 0 amide bonds. The monoisotopic (exact) mass is 374 g/mol. The second-order valence-corrected chi connectivity index (χ2v) is 8.24. The van der Waals surface area contributed by atoms with E-state index in [2.05, 4.69) is 81.0 Å². The molecular weight excluding hydrogens is 344 g/mol. The summed E-state index contributed by atoms with van der Waals surface area (Å²) in [7, 11) is 0. The molecule has 1 saturated heterocycles. The molecule has 146 valence electrons. The van der Waals surface area contributed by atoms with Crippen molar-refractivity contribution in [2.45, 2.75) is 25.2 Å². The average Bonchev–Trinajstić information content (AvgIpc) is 3.13. The number of benzene rings is 2. The van der Waals surface area contributed by atoms with Gasteiger partial charge in [-0.25, -0.2) is 0 Å². The Bertz CT molecular complexity index is 824. The van der Waals surface area contributed by atoms with E-state index in [0.29, 0.717) is 0 Å². The smallest absolute Gasteiger partial charge is 0.0825 e. The number of rotatable bonds is 5. The highest BCUT2D eigenvalue weighted by atomic mass is 15.5. The summed E-state index contributed by atoms with van der Waals surface area (Å²) in [5.41, 5.74) is 8.92. The summed E-state index contributed by atoms with van der Waals surface area (Å²) >= 11 is 0. The van der Waals surface area contributed by atoms with Crippen molar-refractivity contribution in [3.05, 3.63) is 71.9 Å². The minimum absolute atomic E-state index is 0.755. The summed E-state index contributed by atoms with van der Waals surface area (Å²) in [5.74, 6) is 0.755. The fourth-order valence-electron chi connectivity index (χ4n) is 4.83. The zero-order valence-electron chi connectivity index (χ0n) is 16.6. The Kier molecular flexibility index (Phi) is 4.96. The molecule has 2 aromatic rings. The molecule has 28 heavy (non-hydrogen) atoms. The first kappa shape index (κ1) is 17.6. The van der Waals surface area contributed by atoms with Crippen molar-refractivity contribution < 1.29 is 0 Å². The highest BCUT2D eigenvalue weighted by Gasteiger charge is 2.27. The molecule has 4 nitrogen and oxygen atoms in total. The molecule has 0 aliphatic carbocycles. The van der Waals surface area contributed by atoms with Crippen LogP contribution in [0.3, 0.4) is 0 Å². The maximum Gasteiger partial charge on any atom is 0.0825 e. The molecule has 2 aromatic carbocycles. The quantitative estimate of drug-likeness (QED) is 0.846. The Hall–Kier alpha value is -2.46. The van der Waals surface area contributed by atoms with Gasteiger partial charge in [0.1, 0.15) is 0 Å². The fraction of sp³-hybridized carbons (Fsp3) is 0.417. The molecule has 0 spiro atoms. The first-order valence-corrected chi connectivity index (χ1v) is 10.7. The van der Waals surface area contributed by atoms with Gasteiger partial charge >= 0.3 is 0 Å². The molecule has 0 unspecified atom stereocenters. The van der Waals surface area contributed by atoms with Crippen LogP contribution in [0.25, 0.3) is 5.70 Å². The van der Waals surface area contributed by atoms with Crippen LogP contribution in [-0.4, -0.2) is 54.1 Å². The molecule has 5 rings (SSSR count). The third kappa shape index (κ3) is 3.61. The second kappa shape index (κ2) is 7.88. The Morgan fingerprint density at radius 1 is 0.821 bits per heavy atom. The van der Waals surface area contributed by atoms with Gasteiger partial charge < -0.3 is 9.80 Å². The lowest BCUT2D eigenvalue weighted by Crippen LogP contribution is -2.39. The van der Waals surface area contributed by atoms with Crippen molar-refractivity contribution in [1.29, 1.82) is 0 Å². The van der Waals surface area contributed by atoms with Crippen molar-refractivity contribution in [2.24, 2.45) is 0 Å².